The minimum Gasteiger partial charge on any atom is -0.361 e. The van der Waals surface area contributed by atoms with Crippen LogP contribution in [0.15, 0.2) is 40.9 Å². The third-order valence-electron chi connectivity index (χ3n) is 4.54. The van der Waals surface area contributed by atoms with E-state index in [9.17, 15) is 4.79 Å². The fraction of sp³-hybridized carbons (Fsp3) is 0.444. The molecule has 3 rings (SSSR count). The van der Waals surface area contributed by atoms with Crippen molar-refractivity contribution in [1.29, 1.82) is 0 Å². The Morgan fingerprint density at radius 1 is 1.19 bits per heavy atom. The van der Waals surface area contributed by atoms with Crippen LogP contribution in [0.25, 0.3) is 0 Å². The van der Waals surface area contributed by atoms with Crippen molar-refractivity contribution in [2.45, 2.75) is 25.9 Å². The third kappa shape index (κ3) is 4.98. The quantitative estimate of drug-likeness (QED) is 0.851. The zero-order valence-corrected chi connectivity index (χ0v) is 16.7. The van der Waals surface area contributed by atoms with Crippen LogP contribution in [0.2, 0.25) is 0 Å². The molecule has 0 saturated carbocycles. The number of carbonyl (C=O) groups excluding carboxylic acids is 1. The summed E-state index contributed by atoms with van der Waals surface area (Å²) in [6.07, 6.45) is 0. The Hall–Kier alpha value is -1.60. The van der Waals surface area contributed by atoms with E-state index in [1.165, 1.54) is 0 Å². The summed E-state index contributed by atoms with van der Waals surface area (Å²) in [6, 6.07) is 11.5. The first-order valence-electron chi connectivity index (χ1n) is 8.25. The molecule has 8 heteroatoms. The number of nitrogens with zero attached hydrogens (tertiary/aromatic N) is 3. The van der Waals surface area contributed by atoms with Crippen molar-refractivity contribution in [2.75, 3.05) is 26.2 Å². The molecule has 26 heavy (non-hydrogen) atoms. The topological polar surface area (TPSA) is 75.6 Å². The van der Waals surface area contributed by atoms with Gasteiger partial charge in [0.05, 0.1) is 5.69 Å². The molecule has 1 atom stereocenters. The molecule has 1 aliphatic rings. The van der Waals surface area contributed by atoms with Gasteiger partial charge in [-0.1, -0.05) is 35.5 Å². The summed E-state index contributed by atoms with van der Waals surface area (Å²) in [5.41, 5.74) is 7.13. The smallest absolute Gasteiger partial charge is 0.247 e. The Morgan fingerprint density at radius 3 is 2.35 bits per heavy atom. The summed E-state index contributed by atoms with van der Waals surface area (Å²) >= 11 is 0. The zero-order chi connectivity index (χ0) is 17.2. The van der Waals surface area contributed by atoms with Crippen LogP contribution in [0.5, 0.6) is 0 Å². The number of aryl methyl sites for hydroxylation is 1. The number of piperazine rings is 1. The normalized spacial score (nSPS) is 17.0. The molecule has 0 radical (unpaired) electrons. The average molecular weight is 401 g/mol. The number of hydrogen-bond donors (Lipinski definition) is 1. The van der Waals surface area contributed by atoms with E-state index < -0.39 is 5.54 Å². The van der Waals surface area contributed by atoms with Gasteiger partial charge in [0, 0.05) is 38.8 Å². The second-order valence-corrected chi connectivity index (χ2v) is 6.57. The summed E-state index contributed by atoms with van der Waals surface area (Å²) in [5.74, 6) is 0.797. The van der Waals surface area contributed by atoms with Crippen LogP contribution in [-0.4, -0.2) is 47.0 Å². The van der Waals surface area contributed by atoms with E-state index in [0.717, 1.165) is 36.7 Å². The summed E-state index contributed by atoms with van der Waals surface area (Å²) in [5, 5.41) is 4.03. The van der Waals surface area contributed by atoms with Crippen molar-refractivity contribution >= 4 is 30.7 Å². The summed E-state index contributed by atoms with van der Waals surface area (Å²) in [6.45, 7) is 7.39. The maximum Gasteiger partial charge on any atom is 0.247 e. The third-order valence-corrected chi connectivity index (χ3v) is 4.54. The van der Waals surface area contributed by atoms with Crippen LogP contribution in [0.4, 0.5) is 0 Å². The summed E-state index contributed by atoms with van der Waals surface area (Å²) in [7, 11) is 0. The maximum absolute atomic E-state index is 12.8. The molecule has 0 spiro atoms. The minimum absolute atomic E-state index is 0. The number of benzene rings is 1. The first-order chi connectivity index (χ1) is 11.5. The van der Waals surface area contributed by atoms with E-state index in [2.05, 4.69) is 10.1 Å². The largest absolute Gasteiger partial charge is 0.361 e. The van der Waals surface area contributed by atoms with Gasteiger partial charge in [-0.2, -0.15) is 0 Å². The number of rotatable bonds is 4. The highest BCUT2D eigenvalue weighted by Gasteiger charge is 2.35. The Bertz CT molecular complexity index is 698. The van der Waals surface area contributed by atoms with Crippen LogP contribution in [-0.2, 0) is 16.9 Å². The second kappa shape index (κ2) is 9.37. The minimum atomic E-state index is -0.993. The molecular weight excluding hydrogens is 375 g/mol. The van der Waals surface area contributed by atoms with Crippen LogP contribution in [0, 0.1) is 6.92 Å². The maximum atomic E-state index is 12.8. The highest BCUT2D eigenvalue weighted by molar-refractivity contribution is 5.87. The number of aromatic nitrogens is 1. The van der Waals surface area contributed by atoms with E-state index in [0.29, 0.717) is 13.1 Å². The number of halogens is 2. The molecular formula is C18H26Cl2N4O2. The fourth-order valence-corrected chi connectivity index (χ4v) is 3.07. The van der Waals surface area contributed by atoms with E-state index in [4.69, 9.17) is 10.3 Å². The van der Waals surface area contributed by atoms with Crippen molar-refractivity contribution in [3.05, 3.63) is 53.4 Å². The van der Waals surface area contributed by atoms with Crippen molar-refractivity contribution in [3.8, 4) is 0 Å². The van der Waals surface area contributed by atoms with Gasteiger partial charge in [-0.15, -0.1) is 24.8 Å². The van der Waals surface area contributed by atoms with E-state index in [1.807, 2.05) is 48.2 Å². The van der Waals surface area contributed by atoms with E-state index in [-0.39, 0.29) is 30.7 Å². The molecule has 1 aromatic heterocycles. The van der Waals surface area contributed by atoms with Gasteiger partial charge in [-0.3, -0.25) is 9.69 Å². The lowest BCUT2D eigenvalue weighted by Gasteiger charge is -2.38. The Labute approximate surface area is 166 Å². The number of amides is 1. The molecule has 0 aliphatic carbocycles. The van der Waals surface area contributed by atoms with Gasteiger partial charge in [-0.25, -0.2) is 0 Å². The molecule has 144 valence electrons. The standard InChI is InChI=1S/C18H24N4O2.2ClH/c1-14-12-16(20-24-14)13-21-8-10-22(11-9-21)17(23)18(2,19)15-6-4-3-5-7-15;;/h3-7,12H,8-11,13,19H2,1-2H3;2*1H. The van der Waals surface area contributed by atoms with Gasteiger partial charge in [0.1, 0.15) is 11.3 Å². The molecule has 0 bridgehead atoms. The lowest BCUT2D eigenvalue weighted by atomic mass is 9.91. The highest BCUT2D eigenvalue weighted by atomic mass is 35.5. The lowest BCUT2D eigenvalue weighted by Crippen LogP contribution is -2.56. The summed E-state index contributed by atoms with van der Waals surface area (Å²) in [4.78, 5) is 17.0. The molecule has 1 fully saturated rings. The molecule has 1 aliphatic heterocycles. The van der Waals surface area contributed by atoms with Crippen molar-refractivity contribution in [3.63, 3.8) is 0 Å². The Balaban J connectivity index is 0.00000169. The van der Waals surface area contributed by atoms with Gasteiger partial charge in [0.2, 0.25) is 5.91 Å². The molecule has 1 amide bonds. The predicted octanol–water partition coefficient (Wildman–Crippen LogP) is 2.34. The Morgan fingerprint density at radius 2 is 1.81 bits per heavy atom. The van der Waals surface area contributed by atoms with E-state index in [1.54, 1.807) is 6.92 Å². The van der Waals surface area contributed by atoms with Gasteiger partial charge < -0.3 is 15.2 Å². The van der Waals surface area contributed by atoms with Crippen LogP contribution in [0.3, 0.4) is 0 Å². The lowest BCUT2D eigenvalue weighted by molar-refractivity contribution is -0.138. The van der Waals surface area contributed by atoms with Crippen LogP contribution < -0.4 is 5.73 Å². The number of hydrogen-bond acceptors (Lipinski definition) is 5. The van der Waals surface area contributed by atoms with Gasteiger partial charge in [-0.05, 0) is 19.4 Å². The van der Waals surface area contributed by atoms with Crippen LogP contribution in [0.1, 0.15) is 23.9 Å². The molecule has 6 nitrogen and oxygen atoms in total. The SMILES string of the molecule is Cc1cc(CN2CCN(C(=O)C(C)(N)c3ccccc3)CC2)no1.Cl.Cl. The fourth-order valence-electron chi connectivity index (χ4n) is 3.07. The number of nitrogens with two attached hydrogens (primary N) is 1. The Kier molecular flexibility index (Phi) is 8.09. The van der Waals surface area contributed by atoms with Crippen molar-refractivity contribution in [1.82, 2.24) is 15.0 Å². The zero-order valence-electron chi connectivity index (χ0n) is 15.1. The van der Waals surface area contributed by atoms with Gasteiger partial charge in [0.25, 0.3) is 0 Å². The average Bonchev–Trinajstić information content (AvgIpc) is 3.00. The first-order valence-corrected chi connectivity index (χ1v) is 8.25. The molecule has 2 heterocycles. The van der Waals surface area contributed by atoms with Crippen molar-refractivity contribution in [2.24, 2.45) is 5.73 Å². The molecule has 2 aromatic rings. The predicted molar refractivity (Wildman–Crippen MR) is 106 cm³/mol. The van der Waals surface area contributed by atoms with E-state index >= 15 is 0 Å². The molecule has 1 saturated heterocycles. The molecule has 1 aromatic carbocycles. The number of carbonyl (C=O) groups is 1. The second-order valence-electron chi connectivity index (χ2n) is 6.57. The summed E-state index contributed by atoms with van der Waals surface area (Å²) < 4.78 is 5.10. The first kappa shape index (κ1) is 22.4. The van der Waals surface area contributed by atoms with Crippen molar-refractivity contribution < 1.29 is 9.32 Å². The van der Waals surface area contributed by atoms with Gasteiger partial charge >= 0.3 is 0 Å². The van der Waals surface area contributed by atoms with Crippen LogP contribution >= 0.6 is 24.8 Å². The molecule has 2 N–H and O–H groups in total. The van der Waals surface area contributed by atoms with Gasteiger partial charge in [0.15, 0.2) is 0 Å². The molecule has 1 unspecified atom stereocenters. The monoisotopic (exact) mass is 400 g/mol. The highest BCUT2D eigenvalue weighted by Crippen LogP contribution is 2.21.